The fraction of sp³-hybridized carbons (Fsp3) is 0.889. The Bertz CT molecular complexity index is 432. The van der Waals surface area contributed by atoms with Crippen LogP contribution < -0.4 is 0 Å². The Morgan fingerprint density at radius 3 is 2.50 bits per heavy atom. The SMILES string of the molecule is O=C1CCCCCN1CCC(=O)N1CCC(N2CCSCC2)CC1. The maximum atomic E-state index is 12.5. The number of hydrogen-bond donors (Lipinski definition) is 0. The lowest BCUT2D eigenvalue weighted by atomic mass is 10.0. The third-order valence-electron chi connectivity index (χ3n) is 5.65. The molecule has 3 aliphatic rings. The number of nitrogens with zero attached hydrogens (tertiary/aromatic N) is 3. The number of carbonyl (C=O) groups is 2. The lowest BCUT2D eigenvalue weighted by Crippen LogP contribution is -2.49. The van der Waals surface area contributed by atoms with Crippen LogP contribution in [-0.2, 0) is 9.59 Å². The van der Waals surface area contributed by atoms with Gasteiger partial charge in [-0.05, 0) is 25.7 Å². The third-order valence-corrected chi connectivity index (χ3v) is 6.59. The molecule has 0 aliphatic carbocycles. The smallest absolute Gasteiger partial charge is 0.224 e. The van der Waals surface area contributed by atoms with Gasteiger partial charge in [-0.3, -0.25) is 14.5 Å². The van der Waals surface area contributed by atoms with Crippen molar-refractivity contribution in [2.75, 3.05) is 50.8 Å². The van der Waals surface area contributed by atoms with Crippen molar-refractivity contribution >= 4 is 23.6 Å². The Balaban J connectivity index is 1.39. The largest absolute Gasteiger partial charge is 0.343 e. The Labute approximate surface area is 150 Å². The van der Waals surface area contributed by atoms with Gasteiger partial charge in [0.05, 0.1) is 0 Å². The van der Waals surface area contributed by atoms with Crippen molar-refractivity contribution in [3.05, 3.63) is 0 Å². The first-order valence-electron chi connectivity index (χ1n) is 9.61. The van der Waals surface area contributed by atoms with E-state index in [9.17, 15) is 9.59 Å². The second-order valence-electron chi connectivity index (χ2n) is 7.20. The zero-order valence-electron chi connectivity index (χ0n) is 14.8. The van der Waals surface area contributed by atoms with Crippen LogP contribution in [0, 0.1) is 0 Å². The second kappa shape index (κ2) is 9.09. The number of thioether (sulfide) groups is 1. The number of piperidine rings is 1. The predicted molar refractivity (Wildman–Crippen MR) is 98.2 cm³/mol. The summed E-state index contributed by atoms with van der Waals surface area (Å²) in [5.74, 6) is 2.98. The zero-order valence-corrected chi connectivity index (χ0v) is 15.6. The highest BCUT2D eigenvalue weighted by molar-refractivity contribution is 7.99. The molecule has 3 rings (SSSR count). The Morgan fingerprint density at radius 1 is 1.00 bits per heavy atom. The number of rotatable bonds is 4. The molecule has 0 N–H and O–H groups in total. The first kappa shape index (κ1) is 18.1. The van der Waals surface area contributed by atoms with Crippen LogP contribution >= 0.6 is 11.8 Å². The van der Waals surface area contributed by atoms with Crippen molar-refractivity contribution in [3.8, 4) is 0 Å². The first-order chi connectivity index (χ1) is 11.7. The van der Waals surface area contributed by atoms with E-state index in [1.807, 2.05) is 9.80 Å². The van der Waals surface area contributed by atoms with Gasteiger partial charge < -0.3 is 9.80 Å². The number of carbonyl (C=O) groups excluding carboxylic acids is 2. The number of likely N-dealkylation sites (tertiary alicyclic amines) is 2. The van der Waals surface area contributed by atoms with Crippen LogP contribution in [0.1, 0.15) is 44.9 Å². The number of amides is 2. The summed E-state index contributed by atoms with van der Waals surface area (Å²) in [6.07, 6.45) is 6.60. The first-order valence-corrected chi connectivity index (χ1v) is 10.8. The highest BCUT2D eigenvalue weighted by atomic mass is 32.2. The molecule has 3 saturated heterocycles. The van der Waals surface area contributed by atoms with E-state index in [-0.39, 0.29) is 11.8 Å². The minimum Gasteiger partial charge on any atom is -0.343 e. The van der Waals surface area contributed by atoms with Crippen molar-refractivity contribution in [2.45, 2.75) is 51.0 Å². The maximum Gasteiger partial charge on any atom is 0.224 e. The van der Waals surface area contributed by atoms with Crippen LogP contribution in [0.4, 0.5) is 0 Å². The molecule has 2 amide bonds. The summed E-state index contributed by atoms with van der Waals surface area (Å²) >= 11 is 2.05. The molecule has 6 heteroatoms. The highest BCUT2D eigenvalue weighted by Crippen LogP contribution is 2.21. The lowest BCUT2D eigenvalue weighted by Gasteiger charge is -2.40. The molecule has 3 heterocycles. The minimum atomic E-state index is 0.236. The van der Waals surface area contributed by atoms with Crippen molar-refractivity contribution < 1.29 is 9.59 Å². The molecular weight excluding hydrogens is 322 g/mol. The molecule has 3 fully saturated rings. The molecule has 24 heavy (non-hydrogen) atoms. The molecule has 0 saturated carbocycles. The molecule has 0 aromatic carbocycles. The van der Waals surface area contributed by atoms with Crippen LogP contribution in [0.15, 0.2) is 0 Å². The van der Waals surface area contributed by atoms with Gasteiger partial charge in [0.25, 0.3) is 0 Å². The van der Waals surface area contributed by atoms with Gasteiger partial charge in [0.1, 0.15) is 0 Å². The van der Waals surface area contributed by atoms with Crippen molar-refractivity contribution in [1.29, 1.82) is 0 Å². The fourth-order valence-corrected chi connectivity index (χ4v) is 5.02. The quantitative estimate of drug-likeness (QED) is 0.773. The molecule has 0 radical (unpaired) electrons. The molecule has 0 unspecified atom stereocenters. The molecule has 136 valence electrons. The van der Waals surface area contributed by atoms with E-state index < -0.39 is 0 Å². The topological polar surface area (TPSA) is 43.9 Å². The molecule has 0 aromatic heterocycles. The number of hydrogen-bond acceptors (Lipinski definition) is 4. The zero-order chi connectivity index (χ0) is 16.8. The Kier molecular flexibility index (Phi) is 6.84. The lowest BCUT2D eigenvalue weighted by molar-refractivity contribution is -0.135. The van der Waals surface area contributed by atoms with E-state index in [2.05, 4.69) is 16.7 Å². The average Bonchev–Trinajstić information content (AvgIpc) is 2.85. The summed E-state index contributed by atoms with van der Waals surface area (Å²) in [6.45, 7) is 5.64. The fourth-order valence-electron chi connectivity index (χ4n) is 4.09. The van der Waals surface area contributed by atoms with E-state index in [1.165, 1.54) is 24.6 Å². The molecule has 0 aromatic rings. The minimum absolute atomic E-state index is 0.236. The summed E-state index contributed by atoms with van der Waals surface area (Å²) < 4.78 is 0. The normalized spacial score (nSPS) is 24.9. The van der Waals surface area contributed by atoms with Crippen LogP contribution in [0.3, 0.4) is 0 Å². The van der Waals surface area contributed by atoms with Crippen LogP contribution in [0.5, 0.6) is 0 Å². The monoisotopic (exact) mass is 353 g/mol. The standard InChI is InChI=1S/C18H31N3O2S/c22-17-4-2-1-3-8-20(17)11-7-18(23)21-9-5-16(6-10-21)19-12-14-24-15-13-19/h16H,1-15H2. The molecule has 5 nitrogen and oxygen atoms in total. The molecule has 0 atom stereocenters. The van der Waals surface area contributed by atoms with Gasteiger partial charge in [0.2, 0.25) is 11.8 Å². The third kappa shape index (κ3) is 4.88. The van der Waals surface area contributed by atoms with E-state index in [0.29, 0.717) is 25.4 Å². The molecule has 0 spiro atoms. The second-order valence-corrected chi connectivity index (χ2v) is 8.43. The van der Waals surface area contributed by atoms with Crippen molar-refractivity contribution in [3.63, 3.8) is 0 Å². The molecule has 0 bridgehead atoms. The van der Waals surface area contributed by atoms with Gasteiger partial charge in [0.15, 0.2) is 0 Å². The van der Waals surface area contributed by atoms with E-state index in [4.69, 9.17) is 0 Å². The van der Waals surface area contributed by atoms with Gasteiger partial charge >= 0.3 is 0 Å². The molecular formula is C18H31N3O2S. The van der Waals surface area contributed by atoms with Crippen LogP contribution in [0.2, 0.25) is 0 Å². The van der Waals surface area contributed by atoms with Gasteiger partial charge in [-0.2, -0.15) is 11.8 Å². The van der Waals surface area contributed by atoms with Gasteiger partial charge in [0, 0.05) is 69.7 Å². The summed E-state index contributed by atoms with van der Waals surface area (Å²) in [4.78, 5) is 31.1. The van der Waals surface area contributed by atoms with Crippen LogP contribution in [-0.4, -0.2) is 83.3 Å². The maximum absolute atomic E-state index is 12.5. The summed E-state index contributed by atoms with van der Waals surface area (Å²) in [5, 5.41) is 0. The predicted octanol–water partition coefficient (Wildman–Crippen LogP) is 1.82. The summed E-state index contributed by atoms with van der Waals surface area (Å²) in [5.41, 5.74) is 0. The molecule has 3 aliphatic heterocycles. The van der Waals surface area contributed by atoms with Crippen LogP contribution in [0.25, 0.3) is 0 Å². The van der Waals surface area contributed by atoms with Crippen molar-refractivity contribution in [1.82, 2.24) is 14.7 Å². The highest BCUT2D eigenvalue weighted by Gasteiger charge is 2.28. The Morgan fingerprint density at radius 2 is 1.75 bits per heavy atom. The van der Waals surface area contributed by atoms with Gasteiger partial charge in [-0.1, -0.05) is 6.42 Å². The van der Waals surface area contributed by atoms with E-state index in [1.54, 1.807) is 0 Å². The van der Waals surface area contributed by atoms with E-state index >= 15 is 0 Å². The van der Waals surface area contributed by atoms with E-state index in [0.717, 1.165) is 51.7 Å². The van der Waals surface area contributed by atoms with Crippen molar-refractivity contribution in [2.24, 2.45) is 0 Å². The van der Waals surface area contributed by atoms with Gasteiger partial charge in [-0.25, -0.2) is 0 Å². The average molecular weight is 354 g/mol. The van der Waals surface area contributed by atoms with Gasteiger partial charge in [-0.15, -0.1) is 0 Å². The Hall–Kier alpha value is -0.750. The summed E-state index contributed by atoms with van der Waals surface area (Å²) in [7, 11) is 0. The summed E-state index contributed by atoms with van der Waals surface area (Å²) in [6, 6.07) is 0.669.